The first-order valence-electron chi connectivity index (χ1n) is 9.03. The number of likely N-dealkylation sites (tertiary alicyclic amines) is 1. The van der Waals surface area contributed by atoms with Crippen molar-refractivity contribution < 1.29 is 14.3 Å². The zero-order valence-electron chi connectivity index (χ0n) is 14.9. The average molecular weight is 369 g/mol. The lowest BCUT2D eigenvalue weighted by atomic mass is 10.00. The molecular weight excluding hydrogens is 340 g/mol. The molecule has 2 saturated heterocycles. The van der Waals surface area contributed by atoms with Crippen LogP contribution in [0.2, 0.25) is 0 Å². The Morgan fingerprint density at radius 1 is 1.20 bits per heavy atom. The van der Waals surface area contributed by atoms with Crippen molar-refractivity contribution in [2.75, 3.05) is 20.2 Å². The van der Waals surface area contributed by atoms with Gasteiger partial charge < -0.3 is 20.1 Å². The minimum Gasteiger partial charge on any atom is -0.497 e. The van der Waals surface area contributed by atoms with Crippen molar-refractivity contribution in [2.24, 2.45) is 5.73 Å². The van der Waals surface area contributed by atoms with E-state index in [-0.39, 0.29) is 36.6 Å². The summed E-state index contributed by atoms with van der Waals surface area (Å²) < 4.78 is 11.1. The van der Waals surface area contributed by atoms with Gasteiger partial charge in [-0.05, 0) is 43.4 Å². The number of methoxy groups -OCH3 is 1. The van der Waals surface area contributed by atoms with Gasteiger partial charge in [0.1, 0.15) is 11.9 Å². The number of carbonyl (C=O) groups is 1. The van der Waals surface area contributed by atoms with Crippen molar-refractivity contribution in [1.29, 1.82) is 0 Å². The standard InChI is InChI=1S/C19H28N2O3.ClH/c1-23-15-8-6-14(7-9-15)17-5-3-2-4-12-21(17)19(22)18-11-10-16(13-20)24-18;/h6-9,16-18H,2-5,10-13,20H2,1H3;1H/t16-,17?,18+;/m1./s1. The van der Waals surface area contributed by atoms with Gasteiger partial charge in [0, 0.05) is 13.1 Å². The molecule has 0 spiro atoms. The van der Waals surface area contributed by atoms with E-state index >= 15 is 0 Å². The Kier molecular flexibility index (Phi) is 7.54. The fourth-order valence-electron chi connectivity index (χ4n) is 3.79. The number of hydrogen-bond donors (Lipinski definition) is 1. The van der Waals surface area contributed by atoms with Gasteiger partial charge in [-0.1, -0.05) is 25.0 Å². The average Bonchev–Trinajstić information content (AvgIpc) is 2.98. The first kappa shape index (κ1) is 20.0. The molecule has 1 unspecified atom stereocenters. The maximum absolute atomic E-state index is 13.1. The monoisotopic (exact) mass is 368 g/mol. The predicted molar refractivity (Wildman–Crippen MR) is 100 cm³/mol. The zero-order valence-corrected chi connectivity index (χ0v) is 15.7. The largest absolute Gasteiger partial charge is 0.497 e. The van der Waals surface area contributed by atoms with E-state index in [1.807, 2.05) is 17.0 Å². The summed E-state index contributed by atoms with van der Waals surface area (Å²) in [5.74, 6) is 0.976. The van der Waals surface area contributed by atoms with Crippen LogP contribution in [-0.2, 0) is 9.53 Å². The third kappa shape index (κ3) is 4.66. The molecule has 5 nitrogen and oxygen atoms in total. The highest BCUT2D eigenvalue weighted by atomic mass is 35.5. The molecule has 0 aliphatic carbocycles. The van der Waals surface area contributed by atoms with Crippen LogP contribution in [0.5, 0.6) is 5.75 Å². The predicted octanol–water partition coefficient (Wildman–Crippen LogP) is 3.07. The van der Waals surface area contributed by atoms with Gasteiger partial charge in [0.15, 0.2) is 0 Å². The molecule has 1 aromatic carbocycles. The van der Waals surface area contributed by atoms with E-state index in [2.05, 4.69) is 12.1 Å². The second-order valence-corrected chi connectivity index (χ2v) is 6.73. The summed E-state index contributed by atoms with van der Waals surface area (Å²) in [4.78, 5) is 15.1. The Morgan fingerprint density at radius 2 is 1.96 bits per heavy atom. The molecule has 140 valence electrons. The minimum absolute atomic E-state index is 0. The van der Waals surface area contributed by atoms with Gasteiger partial charge >= 0.3 is 0 Å². The first-order valence-corrected chi connectivity index (χ1v) is 9.03. The lowest BCUT2D eigenvalue weighted by Gasteiger charge is -2.32. The lowest BCUT2D eigenvalue weighted by molar-refractivity contribution is -0.145. The molecule has 2 N–H and O–H groups in total. The van der Waals surface area contributed by atoms with Gasteiger partial charge in [-0.3, -0.25) is 4.79 Å². The third-order valence-corrected chi connectivity index (χ3v) is 5.18. The van der Waals surface area contributed by atoms with E-state index in [1.54, 1.807) is 7.11 Å². The highest BCUT2D eigenvalue weighted by molar-refractivity contribution is 5.85. The van der Waals surface area contributed by atoms with Crippen molar-refractivity contribution in [1.82, 2.24) is 4.90 Å². The summed E-state index contributed by atoms with van der Waals surface area (Å²) in [5, 5.41) is 0. The summed E-state index contributed by atoms with van der Waals surface area (Å²) in [6.45, 7) is 1.30. The van der Waals surface area contributed by atoms with Crippen LogP contribution in [0.15, 0.2) is 24.3 Å². The van der Waals surface area contributed by atoms with E-state index in [0.29, 0.717) is 6.54 Å². The second-order valence-electron chi connectivity index (χ2n) is 6.73. The van der Waals surface area contributed by atoms with Gasteiger partial charge in [-0.15, -0.1) is 12.4 Å². The van der Waals surface area contributed by atoms with E-state index in [0.717, 1.165) is 44.4 Å². The normalized spacial score (nSPS) is 26.6. The molecule has 0 radical (unpaired) electrons. The Hall–Kier alpha value is -1.30. The molecule has 0 bridgehead atoms. The molecular formula is C19H29ClN2O3. The molecule has 3 atom stereocenters. The van der Waals surface area contributed by atoms with E-state index in [4.69, 9.17) is 15.2 Å². The van der Waals surface area contributed by atoms with Gasteiger partial charge in [-0.25, -0.2) is 0 Å². The first-order chi connectivity index (χ1) is 11.7. The van der Waals surface area contributed by atoms with Crippen molar-refractivity contribution in [2.45, 2.75) is 56.8 Å². The van der Waals surface area contributed by atoms with E-state index in [9.17, 15) is 4.79 Å². The second kappa shape index (κ2) is 9.41. The van der Waals surface area contributed by atoms with Crippen LogP contribution in [0.4, 0.5) is 0 Å². The van der Waals surface area contributed by atoms with Crippen molar-refractivity contribution in [3.63, 3.8) is 0 Å². The summed E-state index contributed by atoms with van der Waals surface area (Å²) in [7, 11) is 1.67. The summed E-state index contributed by atoms with van der Waals surface area (Å²) >= 11 is 0. The third-order valence-electron chi connectivity index (χ3n) is 5.18. The highest BCUT2D eigenvalue weighted by Crippen LogP contribution is 2.33. The fourth-order valence-corrected chi connectivity index (χ4v) is 3.79. The maximum Gasteiger partial charge on any atom is 0.252 e. The maximum atomic E-state index is 13.1. The number of nitrogens with zero attached hydrogens (tertiary/aromatic N) is 1. The van der Waals surface area contributed by atoms with Crippen LogP contribution in [0.1, 0.15) is 50.1 Å². The molecule has 25 heavy (non-hydrogen) atoms. The number of nitrogens with two attached hydrogens (primary N) is 1. The Morgan fingerprint density at radius 3 is 2.60 bits per heavy atom. The van der Waals surface area contributed by atoms with Crippen molar-refractivity contribution in [3.05, 3.63) is 29.8 Å². The lowest BCUT2D eigenvalue weighted by Crippen LogP contribution is -2.42. The van der Waals surface area contributed by atoms with Crippen LogP contribution < -0.4 is 10.5 Å². The molecule has 2 aliphatic rings. The highest BCUT2D eigenvalue weighted by Gasteiger charge is 2.36. The van der Waals surface area contributed by atoms with E-state index < -0.39 is 0 Å². The van der Waals surface area contributed by atoms with Crippen LogP contribution >= 0.6 is 12.4 Å². The van der Waals surface area contributed by atoms with Gasteiger partial charge in [0.2, 0.25) is 0 Å². The van der Waals surface area contributed by atoms with Crippen LogP contribution in [0.25, 0.3) is 0 Å². The van der Waals surface area contributed by atoms with Crippen molar-refractivity contribution >= 4 is 18.3 Å². The molecule has 2 aliphatic heterocycles. The van der Waals surface area contributed by atoms with Crippen molar-refractivity contribution in [3.8, 4) is 5.75 Å². The summed E-state index contributed by atoms with van der Waals surface area (Å²) in [5.41, 5.74) is 6.86. The van der Waals surface area contributed by atoms with Gasteiger partial charge in [-0.2, -0.15) is 0 Å². The number of rotatable bonds is 4. The molecule has 2 heterocycles. The Bertz CT molecular complexity index is 552. The number of ether oxygens (including phenoxy) is 2. The minimum atomic E-state index is -0.322. The number of carbonyl (C=O) groups excluding carboxylic acids is 1. The number of amides is 1. The molecule has 1 aromatic rings. The number of halogens is 1. The van der Waals surface area contributed by atoms with E-state index in [1.165, 1.54) is 12.0 Å². The number of benzene rings is 1. The van der Waals surface area contributed by atoms with Crippen LogP contribution in [-0.4, -0.2) is 43.2 Å². The molecule has 1 amide bonds. The van der Waals surface area contributed by atoms with Gasteiger partial charge in [0.05, 0.1) is 19.3 Å². The molecule has 2 fully saturated rings. The van der Waals surface area contributed by atoms with Crippen LogP contribution in [0.3, 0.4) is 0 Å². The summed E-state index contributed by atoms with van der Waals surface area (Å²) in [6.07, 6.45) is 5.77. The molecule has 0 aromatic heterocycles. The topological polar surface area (TPSA) is 64.8 Å². The number of hydrogen-bond acceptors (Lipinski definition) is 4. The fraction of sp³-hybridized carbons (Fsp3) is 0.632. The van der Waals surface area contributed by atoms with Crippen LogP contribution in [0, 0.1) is 0 Å². The summed E-state index contributed by atoms with van der Waals surface area (Å²) in [6, 6.07) is 8.23. The smallest absolute Gasteiger partial charge is 0.252 e. The molecule has 3 rings (SSSR count). The Balaban J connectivity index is 0.00000225. The Labute approximate surface area is 156 Å². The molecule has 6 heteroatoms. The van der Waals surface area contributed by atoms with Gasteiger partial charge in [0.25, 0.3) is 5.91 Å². The quantitative estimate of drug-likeness (QED) is 0.887. The molecule has 0 saturated carbocycles. The SMILES string of the molecule is COc1ccc(C2CCCCCN2C(=O)[C@@H]2CC[C@H](CN)O2)cc1.Cl. The zero-order chi connectivity index (χ0) is 16.9.